The van der Waals surface area contributed by atoms with E-state index >= 15 is 0 Å². The van der Waals surface area contributed by atoms with Crippen LogP contribution in [0, 0.1) is 5.82 Å². The summed E-state index contributed by atoms with van der Waals surface area (Å²) < 4.78 is 39.7. The Morgan fingerprint density at radius 2 is 1.64 bits per heavy atom. The average Bonchev–Trinajstić information content (AvgIpc) is 2.62. The minimum absolute atomic E-state index is 0.0194. The van der Waals surface area contributed by atoms with Gasteiger partial charge in [0.2, 0.25) is 15.9 Å². The monoisotopic (exact) mass is 362 g/mol. The van der Waals surface area contributed by atoms with Gasteiger partial charge in [-0.3, -0.25) is 4.79 Å². The molecule has 0 N–H and O–H groups in total. The van der Waals surface area contributed by atoms with E-state index in [4.69, 9.17) is 0 Å². The van der Waals surface area contributed by atoms with Crippen molar-refractivity contribution in [1.82, 2.24) is 9.21 Å². The smallest absolute Gasteiger partial charge is 0.243 e. The molecule has 1 aliphatic heterocycles. The maximum Gasteiger partial charge on any atom is 0.243 e. The van der Waals surface area contributed by atoms with E-state index in [9.17, 15) is 17.6 Å². The second-order valence-corrected chi connectivity index (χ2v) is 7.84. The van der Waals surface area contributed by atoms with Gasteiger partial charge in [0.1, 0.15) is 5.82 Å². The number of nitrogens with zero attached hydrogens (tertiary/aromatic N) is 2. The second kappa shape index (κ2) is 7.33. The highest BCUT2D eigenvalue weighted by Gasteiger charge is 2.30. The van der Waals surface area contributed by atoms with Gasteiger partial charge in [-0.1, -0.05) is 36.4 Å². The lowest BCUT2D eigenvalue weighted by molar-refractivity contribution is -0.131. The number of amides is 1. The van der Waals surface area contributed by atoms with Crippen molar-refractivity contribution in [3.8, 4) is 0 Å². The molecule has 1 heterocycles. The molecule has 0 radical (unpaired) electrons. The van der Waals surface area contributed by atoms with Gasteiger partial charge in [0.15, 0.2) is 0 Å². The van der Waals surface area contributed by atoms with Crippen LogP contribution in [-0.2, 0) is 21.2 Å². The van der Waals surface area contributed by atoms with Crippen LogP contribution in [-0.4, -0.2) is 49.7 Å². The van der Waals surface area contributed by atoms with Gasteiger partial charge in [-0.15, -0.1) is 0 Å². The van der Waals surface area contributed by atoms with Gasteiger partial charge in [-0.25, -0.2) is 12.8 Å². The average molecular weight is 362 g/mol. The summed E-state index contributed by atoms with van der Waals surface area (Å²) in [5.74, 6) is -0.605. The lowest BCUT2D eigenvalue weighted by atomic mass is 10.1. The number of benzene rings is 2. The topological polar surface area (TPSA) is 57.7 Å². The molecule has 2 aromatic carbocycles. The molecule has 3 rings (SSSR count). The molecule has 0 aliphatic carbocycles. The van der Waals surface area contributed by atoms with Crippen molar-refractivity contribution in [2.24, 2.45) is 0 Å². The third-order valence-electron chi connectivity index (χ3n) is 4.22. The van der Waals surface area contributed by atoms with E-state index in [0.717, 1.165) is 11.6 Å². The minimum Gasteiger partial charge on any atom is -0.340 e. The third kappa shape index (κ3) is 4.05. The molecule has 2 aromatic rings. The van der Waals surface area contributed by atoms with Crippen molar-refractivity contribution in [1.29, 1.82) is 0 Å². The Labute approximate surface area is 146 Å². The molecule has 7 heteroatoms. The number of carbonyl (C=O) groups is 1. The van der Waals surface area contributed by atoms with Crippen molar-refractivity contribution in [3.05, 3.63) is 66.0 Å². The van der Waals surface area contributed by atoms with Crippen LogP contribution in [0.1, 0.15) is 5.56 Å². The molecule has 0 atom stereocenters. The van der Waals surface area contributed by atoms with Gasteiger partial charge in [0.25, 0.3) is 0 Å². The molecule has 132 valence electrons. The van der Waals surface area contributed by atoms with Crippen LogP contribution in [0.25, 0.3) is 0 Å². The van der Waals surface area contributed by atoms with Crippen LogP contribution >= 0.6 is 0 Å². The Hall–Kier alpha value is -2.25. The first-order chi connectivity index (χ1) is 12.0. The molecule has 0 saturated carbocycles. The van der Waals surface area contributed by atoms with E-state index in [1.807, 2.05) is 30.3 Å². The molecule has 0 spiro atoms. The molecule has 1 fully saturated rings. The number of piperazine rings is 1. The molecule has 0 unspecified atom stereocenters. The lowest BCUT2D eigenvalue weighted by Gasteiger charge is -2.34. The van der Waals surface area contributed by atoms with Gasteiger partial charge >= 0.3 is 0 Å². The van der Waals surface area contributed by atoms with Crippen molar-refractivity contribution in [3.63, 3.8) is 0 Å². The summed E-state index contributed by atoms with van der Waals surface area (Å²) in [6.45, 7) is 1.08. The van der Waals surface area contributed by atoms with Crippen LogP contribution < -0.4 is 0 Å². The molecule has 1 saturated heterocycles. The first-order valence-electron chi connectivity index (χ1n) is 8.04. The standard InChI is InChI=1S/C18H19FN2O3S/c19-16-7-4-8-17(14-16)25(23,24)21-11-9-20(10-12-21)18(22)13-15-5-2-1-3-6-15/h1-8,14H,9-13H2. The zero-order chi connectivity index (χ0) is 17.9. The van der Waals surface area contributed by atoms with Gasteiger partial charge < -0.3 is 4.90 Å². The Morgan fingerprint density at radius 1 is 0.960 bits per heavy atom. The fourth-order valence-electron chi connectivity index (χ4n) is 2.84. The molecule has 1 amide bonds. The number of hydrogen-bond donors (Lipinski definition) is 0. The summed E-state index contributed by atoms with van der Waals surface area (Å²) in [4.78, 5) is 14.0. The molecule has 5 nitrogen and oxygen atoms in total. The van der Waals surface area contributed by atoms with Crippen LogP contribution in [0.4, 0.5) is 4.39 Å². The quantitative estimate of drug-likeness (QED) is 0.835. The number of sulfonamides is 1. The molecule has 0 bridgehead atoms. The zero-order valence-electron chi connectivity index (χ0n) is 13.6. The predicted molar refractivity (Wildman–Crippen MR) is 91.9 cm³/mol. The normalized spacial score (nSPS) is 16.0. The molecular formula is C18H19FN2O3S. The van der Waals surface area contributed by atoms with Crippen molar-refractivity contribution >= 4 is 15.9 Å². The van der Waals surface area contributed by atoms with Crippen LogP contribution in [0.2, 0.25) is 0 Å². The van der Waals surface area contributed by atoms with Crippen molar-refractivity contribution in [2.75, 3.05) is 26.2 Å². The number of halogens is 1. The van der Waals surface area contributed by atoms with E-state index in [2.05, 4.69) is 0 Å². The lowest BCUT2D eigenvalue weighted by Crippen LogP contribution is -2.50. The van der Waals surface area contributed by atoms with Gasteiger partial charge in [-0.2, -0.15) is 4.31 Å². The zero-order valence-corrected chi connectivity index (χ0v) is 14.5. The maximum absolute atomic E-state index is 13.3. The third-order valence-corrected chi connectivity index (χ3v) is 6.12. The fraction of sp³-hybridized carbons (Fsp3) is 0.278. The Bertz CT molecular complexity index is 848. The molecular weight excluding hydrogens is 343 g/mol. The van der Waals surface area contributed by atoms with Gasteiger partial charge in [-0.05, 0) is 23.8 Å². The van der Waals surface area contributed by atoms with E-state index in [-0.39, 0.29) is 23.9 Å². The van der Waals surface area contributed by atoms with E-state index in [1.165, 1.54) is 22.5 Å². The second-order valence-electron chi connectivity index (χ2n) is 5.90. The van der Waals surface area contributed by atoms with Crippen LogP contribution in [0.15, 0.2) is 59.5 Å². The largest absolute Gasteiger partial charge is 0.340 e. The van der Waals surface area contributed by atoms with E-state index in [1.54, 1.807) is 4.90 Å². The van der Waals surface area contributed by atoms with Crippen molar-refractivity contribution < 1.29 is 17.6 Å². The van der Waals surface area contributed by atoms with Gasteiger partial charge in [0, 0.05) is 26.2 Å². The Morgan fingerprint density at radius 3 is 2.28 bits per heavy atom. The van der Waals surface area contributed by atoms with Crippen LogP contribution in [0.3, 0.4) is 0 Å². The summed E-state index contributed by atoms with van der Waals surface area (Å²) in [7, 11) is -3.74. The maximum atomic E-state index is 13.3. The highest BCUT2D eigenvalue weighted by Crippen LogP contribution is 2.18. The summed E-state index contributed by atoms with van der Waals surface area (Å²) in [5.41, 5.74) is 0.933. The number of rotatable bonds is 4. The first-order valence-corrected chi connectivity index (χ1v) is 9.48. The number of carbonyl (C=O) groups excluding carboxylic acids is 1. The van der Waals surface area contributed by atoms with Gasteiger partial charge in [0.05, 0.1) is 11.3 Å². The predicted octanol–water partition coefficient (Wildman–Crippen LogP) is 1.90. The summed E-state index contributed by atoms with van der Waals surface area (Å²) in [5, 5.41) is 0. The fourth-order valence-corrected chi connectivity index (χ4v) is 4.29. The van der Waals surface area contributed by atoms with Crippen LogP contribution in [0.5, 0.6) is 0 Å². The summed E-state index contributed by atoms with van der Waals surface area (Å²) in [6, 6.07) is 14.4. The molecule has 1 aliphatic rings. The highest BCUT2D eigenvalue weighted by molar-refractivity contribution is 7.89. The van der Waals surface area contributed by atoms with E-state index < -0.39 is 15.8 Å². The number of hydrogen-bond acceptors (Lipinski definition) is 3. The molecule has 0 aromatic heterocycles. The highest BCUT2D eigenvalue weighted by atomic mass is 32.2. The molecule has 25 heavy (non-hydrogen) atoms. The Balaban J connectivity index is 1.62. The SMILES string of the molecule is O=C(Cc1ccccc1)N1CCN(S(=O)(=O)c2cccc(F)c2)CC1. The summed E-state index contributed by atoms with van der Waals surface area (Å²) >= 11 is 0. The first kappa shape index (κ1) is 17.6. The van der Waals surface area contributed by atoms with Crippen molar-refractivity contribution in [2.45, 2.75) is 11.3 Å². The van der Waals surface area contributed by atoms with E-state index in [0.29, 0.717) is 19.5 Å². The minimum atomic E-state index is -3.74. The summed E-state index contributed by atoms with van der Waals surface area (Å²) in [6.07, 6.45) is 0.303. The Kier molecular flexibility index (Phi) is 5.15.